The van der Waals surface area contributed by atoms with Gasteiger partial charge in [0.1, 0.15) is 0 Å². The molecule has 2 unspecified atom stereocenters. The van der Waals surface area contributed by atoms with Crippen molar-refractivity contribution in [3.8, 4) is 0 Å². The summed E-state index contributed by atoms with van der Waals surface area (Å²) in [5.41, 5.74) is 0. The topological polar surface area (TPSA) is 57.6 Å². The molecule has 98 valence electrons. The van der Waals surface area contributed by atoms with Crippen LogP contribution in [0.3, 0.4) is 0 Å². The first-order valence-electron chi connectivity index (χ1n) is 5.69. The number of hydrogen-bond acceptors (Lipinski definition) is 3. The van der Waals surface area contributed by atoms with Gasteiger partial charge in [-0.05, 0) is 35.8 Å². The molecule has 2 rings (SSSR count). The number of carbonyl (C=O) groups is 2. The van der Waals surface area contributed by atoms with Gasteiger partial charge in [-0.2, -0.15) is 0 Å². The Morgan fingerprint density at radius 2 is 2.28 bits per heavy atom. The fourth-order valence-electron chi connectivity index (χ4n) is 2.40. The minimum atomic E-state index is -0.902. The largest absolute Gasteiger partial charge is 0.481 e. The highest BCUT2D eigenvalue weighted by atomic mass is 79.9. The number of hydrogen-bond donors (Lipinski definition) is 1. The van der Waals surface area contributed by atoms with Gasteiger partial charge in [0.05, 0.1) is 12.0 Å². The summed E-state index contributed by atoms with van der Waals surface area (Å²) < 4.78 is 0.926. The quantitative estimate of drug-likeness (QED) is 0.926. The van der Waals surface area contributed by atoms with Gasteiger partial charge in [0, 0.05) is 27.2 Å². The second kappa shape index (κ2) is 5.01. The van der Waals surface area contributed by atoms with Crippen molar-refractivity contribution in [2.24, 2.45) is 5.92 Å². The fourth-order valence-corrected chi connectivity index (χ4v) is 4.01. The molecule has 1 fully saturated rings. The van der Waals surface area contributed by atoms with E-state index in [1.807, 2.05) is 25.3 Å². The number of amides is 1. The zero-order chi connectivity index (χ0) is 13.4. The van der Waals surface area contributed by atoms with E-state index in [9.17, 15) is 14.7 Å². The van der Waals surface area contributed by atoms with Gasteiger partial charge in [0.25, 0.3) is 0 Å². The van der Waals surface area contributed by atoms with Gasteiger partial charge in [0.2, 0.25) is 5.91 Å². The van der Waals surface area contributed by atoms with Crippen molar-refractivity contribution in [3.05, 3.63) is 20.8 Å². The molecule has 0 aromatic carbocycles. The zero-order valence-corrected chi connectivity index (χ0v) is 12.5. The van der Waals surface area contributed by atoms with Gasteiger partial charge < -0.3 is 10.0 Å². The van der Waals surface area contributed by atoms with Crippen molar-refractivity contribution in [3.63, 3.8) is 0 Å². The summed E-state index contributed by atoms with van der Waals surface area (Å²) in [6.45, 7) is 3.83. The third-order valence-corrected chi connectivity index (χ3v) is 4.88. The van der Waals surface area contributed by atoms with Crippen molar-refractivity contribution >= 4 is 39.1 Å². The molecule has 2 atom stereocenters. The lowest BCUT2D eigenvalue weighted by Gasteiger charge is -2.29. The van der Waals surface area contributed by atoms with Crippen molar-refractivity contribution in [2.75, 3.05) is 0 Å². The SMILES string of the molecule is CC(C)N1C(=O)CC(C(=O)O)C1c1cc(Br)cs1. The lowest BCUT2D eigenvalue weighted by atomic mass is 9.99. The van der Waals surface area contributed by atoms with E-state index >= 15 is 0 Å². The number of carboxylic acids is 1. The summed E-state index contributed by atoms with van der Waals surface area (Å²) in [7, 11) is 0. The van der Waals surface area contributed by atoms with Crippen LogP contribution >= 0.6 is 27.3 Å². The third kappa shape index (κ3) is 2.31. The number of carboxylic acid groups (broad SMARTS) is 1. The highest BCUT2D eigenvalue weighted by molar-refractivity contribution is 9.10. The first-order chi connectivity index (χ1) is 8.41. The Morgan fingerprint density at radius 3 is 2.72 bits per heavy atom. The summed E-state index contributed by atoms with van der Waals surface area (Å²) in [6, 6.07) is 1.57. The molecule has 6 heteroatoms. The van der Waals surface area contributed by atoms with Crippen LogP contribution in [-0.4, -0.2) is 27.9 Å². The standard InChI is InChI=1S/C12H14BrNO3S/c1-6(2)14-10(15)4-8(12(16)17)11(14)9-3-7(13)5-18-9/h3,5-6,8,11H,4H2,1-2H3,(H,16,17). The van der Waals surface area contributed by atoms with Crippen LogP contribution in [0.25, 0.3) is 0 Å². The maximum Gasteiger partial charge on any atom is 0.309 e. The molecule has 4 nitrogen and oxygen atoms in total. The maximum atomic E-state index is 12.0. The van der Waals surface area contributed by atoms with E-state index in [0.29, 0.717) is 0 Å². The Balaban J connectivity index is 2.42. The van der Waals surface area contributed by atoms with Crippen molar-refractivity contribution in [1.82, 2.24) is 4.90 Å². The molecule has 1 saturated heterocycles. The molecule has 1 aliphatic rings. The number of thiophene rings is 1. The fraction of sp³-hybridized carbons (Fsp3) is 0.500. The molecule has 1 aromatic heterocycles. The lowest BCUT2D eigenvalue weighted by Crippen LogP contribution is -2.35. The van der Waals surface area contributed by atoms with Gasteiger partial charge in [-0.15, -0.1) is 11.3 Å². The second-order valence-corrected chi connectivity index (χ2v) is 6.51. The first-order valence-corrected chi connectivity index (χ1v) is 7.37. The second-order valence-electron chi connectivity index (χ2n) is 4.66. The zero-order valence-electron chi connectivity index (χ0n) is 10.1. The number of halogens is 1. The van der Waals surface area contributed by atoms with Crippen LogP contribution in [0.5, 0.6) is 0 Å². The number of nitrogens with zero attached hydrogens (tertiary/aromatic N) is 1. The van der Waals surface area contributed by atoms with Crippen molar-refractivity contribution in [1.29, 1.82) is 0 Å². The highest BCUT2D eigenvalue weighted by Gasteiger charge is 2.46. The highest BCUT2D eigenvalue weighted by Crippen LogP contribution is 2.42. The normalized spacial score (nSPS) is 24.0. The van der Waals surface area contributed by atoms with Crippen LogP contribution in [0.4, 0.5) is 0 Å². The Morgan fingerprint density at radius 1 is 1.61 bits per heavy atom. The molecule has 1 aliphatic heterocycles. The molecule has 0 saturated carbocycles. The number of rotatable bonds is 3. The molecule has 18 heavy (non-hydrogen) atoms. The summed E-state index contributed by atoms with van der Waals surface area (Å²) in [4.78, 5) is 25.9. The predicted octanol–water partition coefficient (Wildman–Crippen LogP) is 2.89. The monoisotopic (exact) mass is 331 g/mol. The van der Waals surface area contributed by atoms with Gasteiger partial charge >= 0.3 is 5.97 Å². The van der Waals surface area contributed by atoms with Gasteiger partial charge in [-0.3, -0.25) is 9.59 Å². The minimum Gasteiger partial charge on any atom is -0.481 e. The summed E-state index contributed by atoms with van der Waals surface area (Å²) >= 11 is 4.85. The molecule has 1 N–H and O–H groups in total. The molecular weight excluding hydrogens is 318 g/mol. The van der Waals surface area contributed by atoms with E-state index in [-0.39, 0.29) is 24.4 Å². The first kappa shape index (κ1) is 13.5. The predicted molar refractivity (Wildman–Crippen MR) is 72.5 cm³/mol. The molecular formula is C12H14BrNO3S. The maximum absolute atomic E-state index is 12.0. The smallest absolute Gasteiger partial charge is 0.309 e. The summed E-state index contributed by atoms with van der Waals surface area (Å²) in [5, 5.41) is 11.2. The van der Waals surface area contributed by atoms with E-state index in [1.54, 1.807) is 4.90 Å². The molecule has 1 aromatic rings. The molecule has 0 spiro atoms. The van der Waals surface area contributed by atoms with E-state index in [4.69, 9.17) is 0 Å². The van der Waals surface area contributed by atoms with Crippen LogP contribution in [-0.2, 0) is 9.59 Å². The van der Waals surface area contributed by atoms with Crippen LogP contribution < -0.4 is 0 Å². The molecule has 1 amide bonds. The third-order valence-electron chi connectivity index (χ3n) is 3.12. The van der Waals surface area contributed by atoms with Gasteiger partial charge in [0.15, 0.2) is 0 Å². The van der Waals surface area contributed by atoms with Crippen LogP contribution in [0.2, 0.25) is 0 Å². The minimum absolute atomic E-state index is 0.00715. The van der Waals surface area contributed by atoms with Crippen LogP contribution in [0.15, 0.2) is 15.9 Å². The number of aliphatic carboxylic acids is 1. The summed E-state index contributed by atoms with van der Waals surface area (Å²) in [6.07, 6.45) is 0.0910. The van der Waals surface area contributed by atoms with Crippen molar-refractivity contribution in [2.45, 2.75) is 32.4 Å². The van der Waals surface area contributed by atoms with Gasteiger partial charge in [-0.1, -0.05) is 0 Å². The average Bonchev–Trinajstić information content (AvgIpc) is 2.81. The summed E-state index contributed by atoms with van der Waals surface area (Å²) in [5.74, 6) is -1.63. The molecule has 0 radical (unpaired) electrons. The Hall–Kier alpha value is -0.880. The van der Waals surface area contributed by atoms with Crippen molar-refractivity contribution < 1.29 is 14.7 Å². The van der Waals surface area contributed by atoms with E-state index in [0.717, 1.165) is 9.35 Å². The Labute approximate surface area is 118 Å². The van der Waals surface area contributed by atoms with E-state index in [2.05, 4.69) is 15.9 Å². The van der Waals surface area contributed by atoms with E-state index in [1.165, 1.54) is 11.3 Å². The van der Waals surface area contributed by atoms with E-state index < -0.39 is 11.9 Å². The number of likely N-dealkylation sites (tertiary alicyclic amines) is 1. The Kier molecular flexibility index (Phi) is 3.77. The van der Waals surface area contributed by atoms with Gasteiger partial charge in [-0.25, -0.2) is 0 Å². The van der Waals surface area contributed by atoms with Crippen LogP contribution in [0, 0.1) is 5.92 Å². The molecule has 0 bridgehead atoms. The lowest BCUT2D eigenvalue weighted by molar-refractivity contribution is -0.142. The molecule has 0 aliphatic carbocycles. The molecule has 2 heterocycles. The number of carbonyl (C=O) groups excluding carboxylic acids is 1. The average molecular weight is 332 g/mol. The van der Waals surface area contributed by atoms with Crippen LogP contribution in [0.1, 0.15) is 31.2 Å². The Bertz CT molecular complexity index is 485.